The molecule has 1 atom stereocenters. The number of nitriles is 1. The normalized spacial score (nSPS) is 11.9. The van der Waals surface area contributed by atoms with Crippen molar-refractivity contribution < 1.29 is 9.90 Å². The van der Waals surface area contributed by atoms with E-state index in [2.05, 4.69) is 5.32 Å². The number of halogens is 1. The zero-order valence-corrected chi connectivity index (χ0v) is 13.0. The SMILES string of the molecule is N#Cc1cccc(/C=C/C(=O)NCC(O)c2ccccc2Cl)c1. The van der Waals surface area contributed by atoms with Gasteiger partial charge in [-0.2, -0.15) is 5.26 Å². The van der Waals surface area contributed by atoms with Gasteiger partial charge in [0.15, 0.2) is 0 Å². The van der Waals surface area contributed by atoms with E-state index in [1.54, 1.807) is 54.6 Å². The molecule has 2 aromatic carbocycles. The lowest BCUT2D eigenvalue weighted by molar-refractivity contribution is -0.116. The first kappa shape index (κ1) is 16.8. The summed E-state index contributed by atoms with van der Waals surface area (Å²) in [7, 11) is 0. The molecule has 0 bridgehead atoms. The zero-order valence-electron chi connectivity index (χ0n) is 12.2. The molecule has 23 heavy (non-hydrogen) atoms. The molecule has 0 heterocycles. The van der Waals surface area contributed by atoms with Crippen LogP contribution in [-0.4, -0.2) is 17.6 Å². The van der Waals surface area contributed by atoms with Gasteiger partial charge in [-0.3, -0.25) is 4.79 Å². The second-order valence-electron chi connectivity index (χ2n) is 4.85. The van der Waals surface area contributed by atoms with Gasteiger partial charge in [0, 0.05) is 23.2 Å². The number of rotatable bonds is 5. The van der Waals surface area contributed by atoms with E-state index in [1.807, 2.05) is 6.07 Å². The lowest BCUT2D eigenvalue weighted by Crippen LogP contribution is -2.26. The zero-order chi connectivity index (χ0) is 16.7. The molecule has 5 heteroatoms. The van der Waals surface area contributed by atoms with Gasteiger partial charge in [-0.05, 0) is 29.8 Å². The second-order valence-corrected chi connectivity index (χ2v) is 5.26. The summed E-state index contributed by atoms with van der Waals surface area (Å²) in [6.07, 6.45) is 2.09. The van der Waals surface area contributed by atoms with Gasteiger partial charge in [-0.25, -0.2) is 0 Å². The van der Waals surface area contributed by atoms with Crippen LogP contribution >= 0.6 is 11.6 Å². The van der Waals surface area contributed by atoms with Crippen molar-refractivity contribution in [2.75, 3.05) is 6.54 Å². The summed E-state index contributed by atoms with van der Waals surface area (Å²) in [6, 6.07) is 15.9. The quantitative estimate of drug-likeness (QED) is 0.829. The molecule has 1 amide bonds. The summed E-state index contributed by atoms with van der Waals surface area (Å²) in [4.78, 5) is 11.8. The van der Waals surface area contributed by atoms with E-state index >= 15 is 0 Å². The summed E-state index contributed by atoms with van der Waals surface area (Å²) in [5.74, 6) is -0.335. The Bertz CT molecular complexity index is 766. The van der Waals surface area contributed by atoms with Crippen molar-refractivity contribution in [3.05, 3.63) is 76.3 Å². The van der Waals surface area contributed by atoms with Crippen LogP contribution in [0.15, 0.2) is 54.6 Å². The highest BCUT2D eigenvalue weighted by Gasteiger charge is 2.11. The topological polar surface area (TPSA) is 73.1 Å². The molecule has 0 radical (unpaired) electrons. The van der Waals surface area contributed by atoms with Gasteiger partial charge in [0.05, 0.1) is 17.7 Å². The van der Waals surface area contributed by atoms with Crippen molar-refractivity contribution >= 4 is 23.6 Å². The van der Waals surface area contributed by atoms with Gasteiger partial charge in [0.1, 0.15) is 0 Å². The highest BCUT2D eigenvalue weighted by molar-refractivity contribution is 6.31. The van der Waals surface area contributed by atoms with E-state index in [1.165, 1.54) is 6.08 Å². The average molecular weight is 327 g/mol. The number of nitrogens with one attached hydrogen (secondary N) is 1. The molecule has 0 fully saturated rings. The molecule has 4 nitrogen and oxygen atoms in total. The number of carbonyl (C=O) groups is 1. The van der Waals surface area contributed by atoms with E-state index < -0.39 is 6.10 Å². The Balaban J connectivity index is 1.91. The number of carbonyl (C=O) groups excluding carboxylic acids is 1. The average Bonchev–Trinajstić information content (AvgIpc) is 2.58. The number of aliphatic hydroxyl groups excluding tert-OH is 1. The maximum absolute atomic E-state index is 11.8. The highest BCUT2D eigenvalue weighted by atomic mass is 35.5. The van der Waals surface area contributed by atoms with Crippen molar-refractivity contribution in [3.8, 4) is 6.07 Å². The fraction of sp³-hybridized carbons (Fsp3) is 0.111. The Morgan fingerprint density at radius 3 is 2.83 bits per heavy atom. The van der Waals surface area contributed by atoms with Crippen LogP contribution < -0.4 is 5.32 Å². The van der Waals surface area contributed by atoms with E-state index in [4.69, 9.17) is 16.9 Å². The Hall–Kier alpha value is -2.61. The minimum absolute atomic E-state index is 0.0607. The number of aliphatic hydroxyl groups is 1. The van der Waals surface area contributed by atoms with Crippen LogP contribution in [0.2, 0.25) is 5.02 Å². The van der Waals surface area contributed by atoms with Crippen molar-refractivity contribution in [1.29, 1.82) is 5.26 Å². The lowest BCUT2D eigenvalue weighted by Gasteiger charge is -2.12. The molecule has 0 aromatic heterocycles. The van der Waals surface area contributed by atoms with Crippen LogP contribution in [0.5, 0.6) is 0 Å². The number of benzene rings is 2. The second kappa shape index (κ2) is 8.14. The number of amides is 1. The molecule has 0 saturated carbocycles. The predicted octanol–water partition coefficient (Wildman–Crippen LogP) is 3.07. The summed E-state index contributed by atoms with van der Waals surface area (Å²) >= 11 is 5.99. The number of nitrogens with zero attached hydrogens (tertiary/aromatic N) is 1. The minimum atomic E-state index is -0.872. The monoisotopic (exact) mass is 326 g/mol. The van der Waals surface area contributed by atoms with Gasteiger partial charge in [0.25, 0.3) is 0 Å². The fourth-order valence-electron chi connectivity index (χ4n) is 2.00. The third-order valence-corrected chi connectivity index (χ3v) is 3.52. The predicted molar refractivity (Wildman–Crippen MR) is 89.6 cm³/mol. The molecule has 0 aliphatic heterocycles. The van der Waals surface area contributed by atoms with Crippen molar-refractivity contribution in [2.45, 2.75) is 6.10 Å². The van der Waals surface area contributed by atoms with Crippen LogP contribution in [0.4, 0.5) is 0 Å². The fourth-order valence-corrected chi connectivity index (χ4v) is 2.26. The smallest absolute Gasteiger partial charge is 0.244 e. The highest BCUT2D eigenvalue weighted by Crippen LogP contribution is 2.21. The minimum Gasteiger partial charge on any atom is -0.387 e. The molecule has 0 aliphatic rings. The molecular formula is C18H15ClN2O2. The molecule has 2 rings (SSSR count). The molecule has 0 spiro atoms. The maximum Gasteiger partial charge on any atom is 0.244 e. The summed E-state index contributed by atoms with van der Waals surface area (Å²) in [5, 5.41) is 21.9. The third-order valence-electron chi connectivity index (χ3n) is 3.18. The first-order chi connectivity index (χ1) is 11.1. The van der Waals surface area contributed by atoms with Gasteiger partial charge >= 0.3 is 0 Å². The Morgan fingerprint density at radius 1 is 1.30 bits per heavy atom. The summed E-state index contributed by atoms with van der Waals surface area (Å²) in [5.41, 5.74) is 1.85. The third kappa shape index (κ3) is 4.96. The molecule has 0 saturated heterocycles. The Kier molecular flexibility index (Phi) is 5.93. The number of hydrogen-bond donors (Lipinski definition) is 2. The molecule has 1 unspecified atom stereocenters. The molecule has 2 N–H and O–H groups in total. The van der Waals surface area contributed by atoms with E-state index in [0.717, 1.165) is 5.56 Å². The molecule has 0 aliphatic carbocycles. The van der Waals surface area contributed by atoms with Gasteiger partial charge in [0.2, 0.25) is 5.91 Å². The van der Waals surface area contributed by atoms with E-state index in [9.17, 15) is 9.90 Å². The van der Waals surface area contributed by atoms with Crippen molar-refractivity contribution in [1.82, 2.24) is 5.32 Å². The number of hydrogen-bond acceptors (Lipinski definition) is 3. The van der Waals surface area contributed by atoms with Crippen molar-refractivity contribution in [3.63, 3.8) is 0 Å². The standard InChI is InChI=1S/C18H15ClN2O2/c19-16-7-2-1-6-15(16)17(22)12-21-18(23)9-8-13-4-3-5-14(10-13)11-20/h1-10,17,22H,12H2,(H,21,23)/b9-8+. The van der Waals surface area contributed by atoms with Gasteiger partial charge in [-0.15, -0.1) is 0 Å². The summed E-state index contributed by atoms with van der Waals surface area (Å²) in [6.45, 7) is 0.0607. The van der Waals surface area contributed by atoms with Crippen molar-refractivity contribution in [2.24, 2.45) is 0 Å². The van der Waals surface area contributed by atoms with Gasteiger partial charge in [-0.1, -0.05) is 41.9 Å². The molecule has 2 aromatic rings. The van der Waals surface area contributed by atoms with Crippen LogP contribution in [0.1, 0.15) is 22.8 Å². The van der Waals surface area contributed by atoms with Gasteiger partial charge < -0.3 is 10.4 Å². The molecule has 116 valence electrons. The lowest BCUT2D eigenvalue weighted by atomic mass is 10.1. The van der Waals surface area contributed by atoms with Crippen LogP contribution in [0.3, 0.4) is 0 Å². The van der Waals surface area contributed by atoms with Crippen LogP contribution in [0.25, 0.3) is 6.08 Å². The Labute approximate surface area is 139 Å². The Morgan fingerprint density at radius 2 is 2.09 bits per heavy atom. The van der Waals surface area contributed by atoms with E-state index in [-0.39, 0.29) is 12.5 Å². The first-order valence-corrected chi connectivity index (χ1v) is 7.36. The summed E-state index contributed by atoms with van der Waals surface area (Å²) < 4.78 is 0. The first-order valence-electron chi connectivity index (χ1n) is 6.98. The van der Waals surface area contributed by atoms with E-state index in [0.29, 0.717) is 16.1 Å². The molecular weight excluding hydrogens is 312 g/mol. The largest absolute Gasteiger partial charge is 0.387 e. The van der Waals surface area contributed by atoms with Crippen LogP contribution in [0, 0.1) is 11.3 Å². The maximum atomic E-state index is 11.8. The van der Waals surface area contributed by atoms with Crippen LogP contribution in [-0.2, 0) is 4.79 Å².